The number of oxime groups is 1. The number of carboxylic acids is 1. The molecule has 6 N–H and O–H groups in total. The van der Waals surface area contributed by atoms with E-state index in [9.17, 15) is 24.7 Å². The Bertz CT molecular complexity index is 1090. The van der Waals surface area contributed by atoms with Crippen LogP contribution in [0.3, 0.4) is 0 Å². The summed E-state index contributed by atoms with van der Waals surface area (Å²) >= 11 is 9.82. The molecule has 1 aromatic rings. The van der Waals surface area contributed by atoms with E-state index in [1.165, 1.54) is 16.7 Å². The highest BCUT2D eigenvalue weighted by molar-refractivity contribution is 8.02. The lowest BCUT2D eigenvalue weighted by molar-refractivity contribution is -0.150. The van der Waals surface area contributed by atoms with Crippen molar-refractivity contribution in [3.8, 4) is 0 Å². The number of thiazole rings is 1. The summed E-state index contributed by atoms with van der Waals surface area (Å²) in [6.07, 6.45) is 1.73. The second-order valence-electron chi connectivity index (χ2n) is 7.32. The van der Waals surface area contributed by atoms with E-state index < -0.39 is 34.9 Å². The first kappa shape index (κ1) is 23.9. The molecule has 2 amide bonds. The number of β-lactam (4-membered cyclic amide) rings is 1. The number of carboxylic acid groups (broad SMARTS) is 1. The molecule has 2 fully saturated rings. The van der Waals surface area contributed by atoms with Gasteiger partial charge in [0.05, 0.1) is 0 Å². The summed E-state index contributed by atoms with van der Waals surface area (Å²) in [6.45, 7) is 1.98. The fourth-order valence-corrected chi connectivity index (χ4v) is 6.56. The van der Waals surface area contributed by atoms with Crippen LogP contribution in [0.5, 0.6) is 0 Å². The lowest BCUT2D eigenvalue weighted by Crippen LogP contribution is -2.71. The monoisotopic (exact) mass is 530 g/mol. The van der Waals surface area contributed by atoms with E-state index in [0.717, 1.165) is 30.2 Å². The van der Waals surface area contributed by atoms with Crippen LogP contribution >= 0.6 is 46.5 Å². The molecule has 0 bridgehead atoms. The summed E-state index contributed by atoms with van der Waals surface area (Å²) in [5, 5.41) is 29.0. The largest absolute Gasteiger partial charge is 0.477 e. The van der Waals surface area contributed by atoms with Crippen molar-refractivity contribution in [2.75, 3.05) is 30.3 Å². The first-order valence-corrected chi connectivity index (χ1v) is 13.0. The molecule has 4 heterocycles. The minimum Gasteiger partial charge on any atom is -0.477 e. The Morgan fingerprint density at radius 3 is 2.79 bits per heavy atom. The Balaban J connectivity index is 1.45. The van der Waals surface area contributed by atoms with E-state index in [1.54, 1.807) is 17.8 Å². The molecule has 0 aromatic carbocycles. The molecule has 4 rings (SSSR count). The van der Waals surface area contributed by atoms with Crippen molar-refractivity contribution >= 4 is 75.1 Å². The number of rotatable bonds is 8. The van der Waals surface area contributed by atoms with Gasteiger partial charge in [-0.05, 0) is 36.1 Å². The standard InChI is InChI=1S/C18H19ClN6O5S3/c19-13-9(23-18(20)33-13)10(24-30)14(26)22-11-15(27)25-12(17(28)29)8(6-32-16(11)25)1-2-31-5-7-3-21-4-7/h1-2,7,11,16,21,30H,3-6H2,(H2,20,23)(H,22,26)(H,28,29)/b2-1?,24-10-/t11-,16-/m1/s1. The van der Waals surface area contributed by atoms with Crippen LogP contribution in [0.15, 0.2) is 27.9 Å². The van der Waals surface area contributed by atoms with E-state index in [0.29, 0.717) is 17.2 Å². The number of nitrogens with one attached hydrogen (secondary N) is 2. The summed E-state index contributed by atoms with van der Waals surface area (Å²) in [7, 11) is 0. The molecule has 0 radical (unpaired) electrons. The fourth-order valence-electron chi connectivity index (χ4n) is 3.43. The van der Waals surface area contributed by atoms with Crippen molar-refractivity contribution in [1.29, 1.82) is 0 Å². The molecule has 1 aromatic heterocycles. The number of thioether (sulfide) groups is 2. The van der Waals surface area contributed by atoms with Gasteiger partial charge in [-0.2, -0.15) is 0 Å². The molecule has 3 aliphatic rings. The van der Waals surface area contributed by atoms with Gasteiger partial charge in [-0.1, -0.05) is 28.1 Å². The highest BCUT2D eigenvalue weighted by Crippen LogP contribution is 2.41. The maximum Gasteiger partial charge on any atom is 0.352 e. The van der Waals surface area contributed by atoms with Crippen LogP contribution < -0.4 is 16.4 Å². The van der Waals surface area contributed by atoms with Gasteiger partial charge in [0.2, 0.25) is 0 Å². The van der Waals surface area contributed by atoms with Gasteiger partial charge < -0.3 is 26.7 Å². The normalized spacial score (nSPS) is 23.4. The summed E-state index contributed by atoms with van der Waals surface area (Å²) in [6, 6.07) is -0.991. The first-order chi connectivity index (χ1) is 15.8. The number of aromatic nitrogens is 1. The van der Waals surface area contributed by atoms with Crippen molar-refractivity contribution in [1.82, 2.24) is 20.5 Å². The minimum absolute atomic E-state index is 0.0584. The van der Waals surface area contributed by atoms with Gasteiger partial charge in [0.25, 0.3) is 11.8 Å². The van der Waals surface area contributed by atoms with Crippen LogP contribution in [0.1, 0.15) is 5.69 Å². The van der Waals surface area contributed by atoms with E-state index in [-0.39, 0.29) is 20.9 Å². The molecule has 176 valence electrons. The Kier molecular flexibility index (Phi) is 7.19. The minimum atomic E-state index is -1.21. The Morgan fingerprint density at radius 2 is 2.21 bits per heavy atom. The number of hydrogen-bond acceptors (Lipinski definition) is 11. The summed E-state index contributed by atoms with van der Waals surface area (Å²) in [5.74, 6) is -0.750. The van der Waals surface area contributed by atoms with Crippen LogP contribution in [0.4, 0.5) is 5.13 Å². The van der Waals surface area contributed by atoms with Gasteiger partial charge in [-0.3, -0.25) is 14.5 Å². The van der Waals surface area contributed by atoms with E-state index in [2.05, 4.69) is 20.8 Å². The number of hydrogen-bond donors (Lipinski definition) is 5. The summed E-state index contributed by atoms with van der Waals surface area (Å²) in [4.78, 5) is 42.4. The number of allylic oxidation sites excluding steroid dienone is 1. The predicted molar refractivity (Wildman–Crippen MR) is 128 cm³/mol. The number of anilines is 1. The zero-order valence-electron chi connectivity index (χ0n) is 16.9. The maximum absolute atomic E-state index is 12.8. The Hall–Kier alpha value is -2.26. The average Bonchev–Trinajstić information content (AvgIpc) is 3.07. The van der Waals surface area contributed by atoms with Crippen molar-refractivity contribution in [3.05, 3.63) is 32.8 Å². The van der Waals surface area contributed by atoms with Gasteiger partial charge in [0, 0.05) is 11.5 Å². The third kappa shape index (κ3) is 4.71. The predicted octanol–water partition coefficient (Wildman–Crippen LogP) is 0.762. The van der Waals surface area contributed by atoms with E-state index in [1.807, 2.05) is 5.41 Å². The number of carbonyl (C=O) groups is 3. The van der Waals surface area contributed by atoms with Crippen LogP contribution in [-0.2, 0) is 14.4 Å². The number of aliphatic carboxylic acids is 1. The number of nitrogens with zero attached hydrogens (tertiary/aromatic N) is 3. The fraction of sp³-hybridized carbons (Fsp3) is 0.389. The molecular weight excluding hydrogens is 512 g/mol. The quantitative estimate of drug-likeness (QED) is 0.140. The van der Waals surface area contributed by atoms with E-state index >= 15 is 0 Å². The number of fused-ring (bicyclic) bond motifs is 1. The number of nitrogens with two attached hydrogens (primary N) is 1. The number of nitrogen functional groups attached to an aromatic ring is 1. The Labute approximate surface area is 205 Å². The molecule has 0 unspecified atom stereocenters. The number of carbonyl (C=O) groups excluding carboxylic acids is 2. The highest BCUT2D eigenvalue weighted by Gasteiger charge is 2.54. The lowest BCUT2D eigenvalue weighted by atomic mass is 10.0. The van der Waals surface area contributed by atoms with Crippen molar-refractivity contribution < 1.29 is 24.7 Å². The molecular formula is C18H19ClN6O5S3. The van der Waals surface area contributed by atoms with Crippen LogP contribution in [0, 0.1) is 5.92 Å². The van der Waals surface area contributed by atoms with Gasteiger partial charge in [0.1, 0.15) is 27.1 Å². The molecule has 0 aliphatic carbocycles. The second kappa shape index (κ2) is 9.93. The molecule has 15 heteroatoms. The number of amides is 2. The van der Waals surface area contributed by atoms with Crippen molar-refractivity contribution in [2.45, 2.75) is 11.4 Å². The maximum atomic E-state index is 12.8. The average molecular weight is 531 g/mol. The lowest BCUT2D eigenvalue weighted by Gasteiger charge is -2.49. The smallest absolute Gasteiger partial charge is 0.352 e. The van der Waals surface area contributed by atoms with Crippen LogP contribution in [0.2, 0.25) is 4.34 Å². The molecule has 0 saturated carbocycles. The zero-order valence-corrected chi connectivity index (χ0v) is 20.1. The zero-order chi connectivity index (χ0) is 23.7. The topological polar surface area (TPSA) is 170 Å². The van der Waals surface area contributed by atoms with Gasteiger partial charge in [-0.25, -0.2) is 9.78 Å². The van der Waals surface area contributed by atoms with E-state index in [4.69, 9.17) is 17.3 Å². The summed E-state index contributed by atoms with van der Waals surface area (Å²) < 4.78 is 0.0584. The molecule has 3 aliphatic heterocycles. The SMILES string of the molecule is Nc1nc(/C(=N/O)C(=O)N[C@@H]2C(=O)N3C(C(=O)O)=C(C=CSCC4CNC4)CS[C@H]23)c(Cl)s1. The molecule has 33 heavy (non-hydrogen) atoms. The highest BCUT2D eigenvalue weighted by atomic mass is 35.5. The molecule has 11 nitrogen and oxygen atoms in total. The van der Waals surface area contributed by atoms with Crippen LogP contribution in [0.25, 0.3) is 0 Å². The molecule has 2 saturated heterocycles. The van der Waals surface area contributed by atoms with Crippen molar-refractivity contribution in [2.24, 2.45) is 11.1 Å². The molecule has 2 atom stereocenters. The van der Waals surface area contributed by atoms with Gasteiger partial charge in [-0.15, -0.1) is 23.5 Å². The van der Waals surface area contributed by atoms with Gasteiger partial charge in [0.15, 0.2) is 10.8 Å². The van der Waals surface area contributed by atoms with Gasteiger partial charge >= 0.3 is 5.97 Å². The first-order valence-electron chi connectivity index (χ1n) is 9.66. The summed E-state index contributed by atoms with van der Waals surface area (Å²) in [5.41, 5.74) is 5.41. The number of halogens is 1. The second-order valence-corrected chi connectivity index (χ2v) is 11.0. The van der Waals surface area contributed by atoms with Crippen LogP contribution in [-0.4, -0.2) is 79.7 Å². The third-order valence-corrected chi connectivity index (χ3v) is 8.57. The molecule has 0 spiro atoms. The van der Waals surface area contributed by atoms with Crippen molar-refractivity contribution in [3.63, 3.8) is 0 Å². The Morgan fingerprint density at radius 1 is 1.45 bits per heavy atom. The third-order valence-electron chi connectivity index (χ3n) is 5.19.